The van der Waals surface area contributed by atoms with E-state index in [4.69, 9.17) is 15.1 Å². The lowest BCUT2D eigenvalue weighted by Crippen LogP contribution is -2.17. The SMILES string of the molecule is Cc1nc(/C(N)=N\OC(=O)c2cc3c([nH]c4ccccc43)c(C)n2)no1. The number of amidine groups is 1. The minimum atomic E-state index is -0.733. The van der Waals surface area contributed by atoms with Crippen molar-refractivity contribution in [3.63, 3.8) is 0 Å². The van der Waals surface area contributed by atoms with Gasteiger partial charge in [-0.2, -0.15) is 4.98 Å². The lowest BCUT2D eigenvalue weighted by Gasteiger charge is -2.02. The zero-order valence-electron chi connectivity index (χ0n) is 14.0. The number of rotatable bonds is 3. The van der Waals surface area contributed by atoms with Crippen LogP contribution in [0.5, 0.6) is 0 Å². The first-order chi connectivity index (χ1) is 12.5. The van der Waals surface area contributed by atoms with Gasteiger partial charge in [0.15, 0.2) is 5.69 Å². The molecule has 0 unspecified atom stereocenters. The van der Waals surface area contributed by atoms with Crippen molar-refractivity contribution in [1.29, 1.82) is 0 Å². The van der Waals surface area contributed by atoms with Gasteiger partial charge in [-0.1, -0.05) is 28.5 Å². The minimum absolute atomic E-state index is 0.0477. The molecule has 4 aromatic rings. The number of nitrogens with one attached hydrogen (secondary N) is 1. The molecule has 9 heteroatoms. The molecule has 9 nitrogen and oxygen atoms in total. The zero-order chi connectivity index (χ0) is 18.3. The van der Waals surface area contributed by atoms with Gasteiger partial charge in [0, 0.05) is 23.2 Å². The Morgan fingerprint density at radius 3 is 2.81 bits per heavy atom. The van der Waals surface area contributed by atoms with Gasteiger partial charge >= 0.3 is 5.97 Å². The number of nitrogens with two attached hydrogens (primary N) is 1. The number of nitrogens with zero attached hydrogens (tertiary/aromatic N) is 4. The summed E-state index contributed by atoms with van der Waals surface area (Å²) in [6, 6.07) is 9.46. The van der Waals surface area contributed by atoms with Gasteiger partial charge in [0.1, 0.15) is 0 Å². The van der Waals surface area contributed by atoms with Crippen molar-refractivity contribution in [2.24, 2.45) is 10.9 Å². The third kappa shape index (κ3) is 2.65. The van der Waals surface area contributed by atoms with Crippen molar-refractivity contribution in [3.8, 4) is 0 Å². The fourth-order valence-corrected chi connectivity index (χ4v) is 2.69. The van der Waals surface area contributed by atoms with E-state index in [1.54, 1.807) is 13.0 Å². The van der Waals surface area contributed by atoms with Gasteiger partial charge < -0.3 is 20.1 Å². The van der Waals surface area contributed by atoms with E-state index in [1.165, 1.54) is 0 Å². The Kier molecular flexibility index (Phi) is 3.61. The molecule has 0 radical (unpaired) electrons. The third-order valence-corrected chi connectivity index (χ3v) is 3.87. The number of aromatic amines is 1. The van der Waals surface area contributed by atoms with Gasteiger partial charge in [-0.3, -0.25) is 0 Å². The fourth-order valence-electron chi connectivity index (χ4n) is 2.69. The van der Waals surface area contributed by atoms with Crippen LogP contribution in [0.15, 0.2) is 40.0 Å². The summed E-state index contributed by atoms with van der Waals surface area (Å²) in [5.74, 6) is -0.526. The van der Waals surface area contributed by atoms with Gasteiger partial charge in [-0.15, -0.1) is 0 Å². The largest absolute Gasteiger partial charge is 0.384 e. The predicted molar refractivity (Wildman–Crippen MR) is 93.5 cm³/mol. The Morgan fingerprint density at radius 1 is 1.23 bits per heavy atom. The van der Waals surface area contributed by atoms with Crippen molar-refractivity contribution >= 4 is 33.6 Å². The number of hydrogen-bond acceptors (Lipinski definition) is 7. The molecular weight excluding hydrogens is 336 g/mol. The number of aryl methyl sites for hydroxylation is 2. The van der Waals surface area contributed by atoms with Crippen LogP contribution in [0.4, 0.5) is 0 Å². The van der Waals surface area contributed by atoms with Crippen LogP contribution in [0.3, 0.4) is 0 Å². The highest BCUT2D eigenvalue weighted by Crippen LogP contribution is 2.27. The van der Waals surface area contributed by atoms with E-state index >= 15 is 0 Å². The van der Waals surface area contributed by atoms with E-state index < -0.39 is 5.97 Å². The summed E-state index contributed by atoms with van der Waals surface area (Å²) in [4.78, 5) is 28.7. The van der Waals surface area contributed by atoms with Crippen molar-refractivity contribution in [2.45, 2.75) is 13.8 Å². The second kappa shape index (κ2) is 5.96. The van der Waals surface area contributed by atoms with Gasteiger partial charge in [0.25, 0.3) is 0 Å². The maximum atomic E-state index is 12.3. The van der Waals surface area contributed by atoms with Gasteiger partial charge in [0.2, 0.25) is 17.6 Å². The van der Waals surface area contributed by atoms with Crippen molar-refractivity contribution < 1.29 is 14.2 Å². The summed E-state index contributed by atoms with van der Waals surface area (Å²) in [7, 11) is 0. The Balaban J connectivity index is 1.67. The highest BCUT2D eigenvalue weighted by molar-refractivity contribution is 6.09. The van der Waals surface area contributed by atoms with Crippen LogP contribution < -0.4 is 5.73 Å². The molecule has 0 saturated heterocycles. The van der Waals surface area contributed by atoms with Crippen molar-refractivity contribution in [3.05, 3.63) is 53.4 Å². The molecule has 0 amide bonds. The van der Waals surface area contributed by atoms with Crippen LogP contribution in [0.1, 0.15) is 27.9 Å². The number of hydrogen-bond donors (Lipinski definition) is 2. The first-order valence-corrected chi connectivity index (χ1v) is 7.76. The Morgan fingerprint density at radius 2 is 2.04 bits per heavy atom. The summed E-state index contributed by atoms with van der Waals surface area (Å²) in [5.41, 5.74) is 8.31. The molecule has 0 atom stereocenters. The summed E-state index contributed by atoms with van der Waals surface area (Å²) < 4.78 is 4.79. The van der Waals surface area contributed by atoms with Crippen LogP contribution in [0.25, 0.3) is 21.8 Å². The number of fused-ring (bicyclic) bond motifs is 3. The second-order valence-electron chi connectivity index (χ2n) is 5.68. The molecule has 0 spiro atoms. The van der Waals surface area contributed by atoms with Gasteiger partial charge in [-0.05, 0) is 19.1 Å². The van der Waals surface area contributed by atoms with Crippen LogP contribution in [0.2, 0.25) is 0 Å². The molecule has 4 rings (SSSR count). The lowest BCUT2D eigenvalue weighted by atomic mass is 10.1. The summed E-state index contributed by atoms with van der Waals surface area (Å²) in [6.07, 6.45) is 0. The second-order valence-corrected chi connectivity index (χ2v) is 5.68. The molecule has 3 heterocycles. The molecule has 0 fully saturated rings. The standard InChI is InChI=1S/C17H14N6O3/c1-8-14-11(10-5-3-4-6-12(10)21-14)7-13(19-8)17(24)26-22-15(18)16-20-9(2)25-23-16/h3-7,21H,1-2H3,(H2,18,22). The van der Waals surface area contributed by atoms with E-state index in [1.807, 2.05) is 31.2 Å². The summed E-state index contributed by atoms with van der Waals surface area (Å²) >= 11 is 0. The molecule has 0 aliphatic rings. The molecule has 1 aromatic carbocycles. The van der Waals surface area contributed by atoms with Crippen LogP contribution in [0, 0.1) is 13.8 Å². The molecular formula is C17H14N6O3. The number of pyridine rings is 1. The Hall–Kier alpha value is -3.75. The van der Waals surface area contributed by atoms with Crippen molar-refractivity contribution in [1.82, 2.24) is 20.1 Å². The number of para-hydroxylation sites is 1. The normalized spacial score (nSPS) is 12.0. The first-order valence-electron chi connectivity index (χ1n) is 7.76. The maximum absolute atomic E-state index is 12.3. The van der Waals surface area contributed by atoms with E-state index in [2.05, 4.69) is 25.3 Å². The van der Waals surface area contributed by atoms with Crippen molar-refractivity contribution in [2.75, 3.05) is 0 Å². The molecule has 0 bridgehead atoms. The Bertz CT molecular complexity index is 1170. The maximum Gasteiger partial charge on any atom is 0.384 e. The topological polar surface area (TPSA) is 132 Å². The fraction of sp³-hybridized carbons (Fsp3) is 0.118. The molecule has 26 heavy (non-hydrogen) atoms. The molecule has 3 aromatic heterocycles. The van der Waals surface area contributed by atoms with E-state index in [0.29, 0.717) is 11.6 Å². The van der Waals surface area contributed by atoms with E-state index in [9.17, 15) is 4.79 Å². The quantitative estimate of drug-likeness (QED) is 0.250. The number of aromatic nitrogens is 4. The first kappa shape index (κ1) is 15.8. The monoisotopic (exact) mass is 350 g/mol. The average Bonchev–Trinajstić information content (AvgIpc) is 3.23. The van der Waals surface area contributed by atoms with Crippen LogP contribution >= 0.6 is 0 Å². The number of oxime groups is 1. The molecule has 0 aliphatic carbocycles. The average molecular weight is 350 g/mol. The smallest absolute Gasteiger partial charge is 0.378 e. The molecule has 130 valence electrons. The lowest BCUT2D eigenvalue weighted by molar-refractivity contribution is 0.0509. The number of benzene rings is 1. The molecule has 0 aliphatic heterocycles. The minimum Gasteiger partial charge on any atom is -0.378 e. The third-order valence-electron chi connectivity index (χ3n) is 3.87. The summed E-state index contributed by atoms with van der Waals surface area (Å²) in [6.45, 7) is 3.42. The summed E-state index contributed by atoms with van der Waals surface area (Å²) in [5, 5.41) is 9.02. The number of carbonyl (C=O) groups is 1. The predicted octanol–water partition coefficient (Wildman–Crippen LogP) is 2.19. The Labute approximate surface area is 146 Å². The molecule has 0 saturated carbocycles. The van der Waals surface area contributed by atoms with Crippen LogP contribution in [-0.2, 0) is 4.84 Å². The highest BCUT2D eigenvalue weighted by atomic mass is 16.7. The number of carbonyl (C=O) groups excluding carboxylic acids is 1. The van der Waals surface area contributed by atoms with E-state index in [0.717, 1.165) is 21.8 Å². The zero-order valence-corrected chi connectivity index (χ0v) is 14.0. The van der Waals surface area contributed by atoms with E-state index in [-0.39, 0.29) is 17.4 Å². The highest BCUT2D eigenvalue weighted by Gasteiger charge is 2.16. The molecule has 3 N–H and O–H groups in total. The number of H-pyrrole nitrogens is 1. The van der Waals surface area contributed by atoms with Gasteiger partial charge in [0.05, 0.1) is 11.2 Å². The van der Waals surface area contributed by atoms with Gasteiger partial charge in [-0.25, -0.2) is 9.78 Å². The van der Waals surface area contributed by atoms with Crippen LogP contribution in [-0.4, -0.2) is 31.9 Å².